The summed E-state index contributed by atoms with van der Waals surface area (Å²) in [5, 5.41) is 2.35. The minimum absolute atomic E-state index is 0.0430. The van der Waals surface area contributed by atoms with Crippen LogP contribution >= 0.6 is 0 Å². The van der Waals surface area contributed by atoms with Crippen LogP contribution in [-0.2, 0) is 9.59 Å². The smallest absolute Gasteiger partial charge is 0.347 e. The zero-order chi connectivity index (χ0) is 17.2. The van der Waals surface area contributed by atoms with Gasteiger partial charge < -0.3 is 10.2 Å². The van der Waals surface area contributed by atoms with E-state index < -0.39 is 25.2 Å². The quantitative estimate of drug-likeness (QED) is 0.839. The Morgan fingerprint density at radius 2 is 1.87 bits per heavy atom. The third-order valence-corrected chi connectivity index (χ3v) is 3.68. The number of hydrogen-bond acceptors (Lipinski definition) is 2. The minimum Gasteiger partial charge on any atom is -0.347 e. The second-order valence-electron chi connectivity index (χ2n) is 5.58. The fraction of sp³-hybridized carbons (Fsp3) is 0.467. The average Bonchev–Trinajstić information content (AvgIpc) is 3.23. The molecule has 8 heteroatoms. The first-order valence-corrected chi connectivity index (χ1v) is 7.01. The Labute approximate surface area is 130 Å². The van der Waals surface area contributed by atoms with E-state index in [4.69, 9.17) is 0 Å². The Kier molecular flexibility index (Phi) is 4.91. The van der Waals surface area contributed by atoms with Crippen LogP contribution < -0.4 is 5.32 Å². The van der Waals surface area contributed by atoms with Crippen molar-refractivity contribution in [2.45, 2.75) is 18.5 Å². The highest BCUT2D eigenvalue weighted by Crippen LogP contribution is 2.47. The fourth-order valence-corrected chi connectivity index (χ4v) is 2.35. The molecule has 0 aromatic heterocycles. The summed E-state index contributed by atoms with van der Waals surface area (Å²) in [6.45, 7) is -1.83. The van der Waals surface area contributed by atoms with E-state index in [1.54, 1.807) is 12.1 Å². The van der Waals surface area contributed by atoms with Gasteiger partial charge in [-0.1, -0.05) is 12.1 Å². The first-order valence-electron chi connectivity index (χ1n) is 7.01. The maximum atomic E-state index is 12.8. The lowest BCUT2D eigenvalue weighted by atomic mass is 10.1. The predicted molar refractivity (Wildman–Crippen MR) is 73.9 cm³/mol. The van der Waals surface area contributed by atoms with Crippen LogP contribution in [0.15, 0.2) is 24.3 Å². The normalized spacial score (nSPS) is 20.0. The van der Waals surface area contributed by atoms with E-state index in [0.717, 1.165) is 12.6 Å². The lowest BCUT2D eigenvalue weighted by Crippen LogP contribution is -2.42. The van der Waals surface area contributed by atoms with Crippen LogP contribution in [0.1, 0.15) is 17.9 Å². The minimum atomic E-state index is -4.47. The molecule has 1 saturated carbocycles. The van der Waals surface area contributed by atoms with Crippen LogP contribution in [0.5, 0.6) is 0 Å². The first-order chi connectivity index (χ1) is 10.7. The molecule has 126 valence electrons. The van der Waals surface area contributed by atoms with Gasteiger partial charge in [-0.25, -0.2) is 4.39 Å². The molecule has 0 bridgehead atoms. The summed E-state index contributed by atoms with van der Waals surface area (Å²) in [7, 11) is 1.03. The van der Waals surface area contributed by atoms with E-state index >= 15 is 0 Å². The Balaban J connectivity index is 1.78. The van der Waals surface area contributed by atoms with Crippen LogP contribution in [0.4, 0.5) is 17.6 Å². The van der Waals surface area contributed by atoms with E-state index in [1.807, 2.05) is 0 Å². The molecular weight excluding hydrogens is 316 g/mol. The van der Waals surface area contributed by atoms with Gasteiger partial charge >= 0.3 is 6.18 Å². The molecule has 0 heterocycles. The standard InChI is InChI=1S/C15H16F4N2O2/c1-21(8-15(17,18)19)13(22)7-20-14(23)12-6-11(12)9-2-4-10(16)5-3-9/h2-5,11-12H,6-8H2,1H3,(H,20,23)/t11-,12+/m0/s1. The molecule has 2 atom stereocenters. The van der Waals surface area contributed by atoms with Crippen LogP contribution in [0.25, 0.3) is 0 Å². The zero-order valence-corrected chi connectivity index (χ0v) is 12.4. The van der Waals surface area contributed by atoms with Crippen LogP contribution in [0.2, 0.25) is 0 Å². The van der Waals surface area contributed by atoms with Crippen LogP contribution in [-0.4, -0.2) is 43.0 Å². The summed E-state index contributed by atoms with van der Waals surface area (Å²) < 4.78 is 49.3. The molecule has 2 amide bonds. The van der Waals surface area contributed by atoms with Crippen molar-refractivity contribution in [2.24, 2.45) is 5.92 Å². The van der Waals surface area contributed by atoms with Crippen molar-refractivity contribution in [3.8, 4) is 0 Å². The van der Waals surface area contributed by atoms with E-state index in [2.05, 4.69) is 5.32 Å². The molecule has 0 aliphatic heterocycles. The molecule has 0 saturated heterocycles. The molecule has 0 spiro atoms. The monoisotopic (exact) mass is 332 g/mol. The summed E-state index contributed by atoms with van der Waals surface area (Å²) in [5.41, 5.74) is 0.826. The van der Waals surface area contributed by atoms with E-state index in [-0.39, 0.29) is 23.6 Å². The number of amides is 2. The van der Waals surface area contributed by atoms with Gasteiger partial charge in [0, 0.05) is 13.0 Å². The summed E-state index contributed by atoms with van der Waals surface area (Å²) in [4.78, 5) is 23.9. The van der Waals surface area contributed by atoms with Crippen LogP contribution in [0.3, 0.4) is 0 Å². The Morgan fingerprint density at radius 3 is 2.43 bits per heavy atom. The fourth-order valence-electron chi connectivity index (χ4n) is 2.35. The Hall–Kier alpha value is -2.12. The number of hydrogen-bond donors (Lipinski definition) is 1. The third-order valence-electron chi connectivity index (χ3n) is 3.68. The molecule has 2 rings (SSSR count). The lowest BCUT2D eigenvalue weighted by molar-refractivity contribution is -0.158. The molecule has 1 aliphatic rings. The van der Waals surface area contributed by atoms with Crippen molar-refractivity contribution in [2.75, 3.05) is 20.1 Å². The highest BCUT2D eigenvalue weighted by molar-refractivity contribution is 5.87. The third kappa shape index (κ3) is 4.94. The van der Waals surface area contributed by atoms with Gasteiger partial charge in [-0.15, -0.1) is 0 Å². The Bertz CT molecular complexity index is 586. The summed E-state index contributed by atoms with van der Waals surface area (Å²) in [6, 6.07) is 5.79. The van der Waals surface area contributed by atoms with Gasteiger partial charge in [0.2, 0.25) is 11.8 Å². The average molecular weight is 332 g/mol. The number of nitrogens with one attached hydrogen (secondary N) is 1. The molecule has 1 aliphatic carbocycles. The maximum absolute atomic E-state index is 12.8. The Morgan fingerprint density at radius 1 is 1.26 bits per heavy atom. The molecule has 23 heavy (non-hydrogen) atoms. The summed E-state index contributed by atoms with van der Waals surface area (Å²) >= 11 is 0. The van der Waals surface area contributed by atoms with Gasteiger partial charge in [-0.3, -0.25) is 9.59 Å². The lowest BCUT2D eigenvalue weighted by Gasteiger charge is -2.19. The van der Waals surface area contributed by atoms with Crippen molar-refractivity contribution in [3.05, 3.63) is 35.6 Å². The molecule has 1 aromatic rings. The van der Waals surface area contributed by atoms with Crippen molar-refractivity contribution in [3.63, 3.8) is 0 Å². The van der Waals surface area contributed by atoms with Crippen LogP contribution in [0, 0.1) is 11.7 Å². The second kappa shape index (κ2) is 6.55. The maximum Gasteiger partial charge on any atom is 0.406 e. The molecular formula is C15H16F4N2O2. The van der Waals surface area contributed by atoms with Gasteiger partial charge in [0.05, 0.1) is 6.54 Å². The number of carbonyl (C=O) groups excluding carboxylic acids is 2. The number of benzene rings is 1. The van der Waals surface area contributed by atoms with Crippen molar-refractivity contribution in [1.82, 2.24) is 10.2 Å². The largest absolute Gasteiger partial charge is 0.406 e. The van der Waals surface area contributed by atoms with Crippen molar-refractivity contribution >= 4 is 11.8 Å². The van der Waals surface area contributed by atoms with Crippen molar-refractivity contribution < 1.29 is 27.2 Å². The van der Waals surface area contributed by atoms with Gasteiger partial charge in [0.25, 0.3) is 0 Å². The number of rotatable bonds is 5. The zero-order valence-electron chi connectivity index (χ0n) is 12.4. The van der Waals surface area contributed by atoms with E-state index in [1.165, 1.54) is 12.1 Å². The van der Waals surface area contributed by atoms with E-state index in [0.29, 0.717) is 11.3 Å². The molecule has 1 aromatic carbocycles. The summed E-state index contributed by atoms with van der Waals surface area (Å²) in [5.74, 6) is -1.93. The van der Waals surface area contributed by atoms with Gasteiger partial charge in [-0.2, -0.15) is 13.2 Å². The second-order valence-corrected chi connectivity index (χ2v) is 5.58. The predicted octanol–water partition coefficient (Wildman–Crippen LogP) is 2.07. The van der Waals surface area contributed by atoms with E-state index in [9.17, 15) is 27.2 Å². The molecule has 0 unspecified atom stereocenters. The molecule has 1 N–H and O–H groups in total. The number of nitrogens with zero attached hydrogens (tertiary/aromatic N) is 1. The van der Waals surface area contributed by atoms with Crippen molar-refractivity contribution in [1.29, 1.82) is 0 Å². The first kappa shape index (κ1) is 17.2. The van der Waals surface area contributed by atoms with Gasteiger partial charge in [-0.05, 0) is 30.0 Å². The highest BCUT2D eigenvalue weighted by atomic mass is 19.4. The molecule has 0 radical (unpaired) electrons. The van der Waals surface area contributed by atoms with Gasteiger partial charge in [0.1, 0.15) is 12.4 Å². The number of carbonyl (C=O) groups is 2. The topological polar surface area (TPSA) is 49.4 Å². The van der Waals surface area contributed by atoms with Gasteiger partial charge in [0.15, 0.2) is 0 Å². The SMILES string of the molecule is CN(CC(F)(F)F)C(=O)CNC(=O)[C@@H]1C[C@H]1c1ccc(F)cc1. The molecule has 4 nitrogen and oxygen atoms in total. The number of halogens is 4. The molecule has 1 fully saturated rings. The number of alkyl halides is 3. The summed E-state index contributed by atoms with van der Waals surface area (Å²) in [6.07, 6.45) is -3.90. The number of likely N-dealkylation sites (N-methyl/N-ethyl adjacent to an activating group) is 1. The highest BCUT2D eigenvalue weighted by Gasteiger charge is 2.44.